The molecule has 0 atom stereocenters. The molecule has 0 spiro atoms. The molecule has 0 amide bonds. The Kier molecular flexibility index (Phi) is 4.19. The third-order valence-corrected chi connectivity index (χ3v) is 1.61. The number of nitro groups is 1. The van der Waals surface area contributed by atoms with E-state index >= 15 is 0 Å². The van der Waals surface area contributed by atoms with Crippen molar-refractivity contribution in [1.82, 2.24) is 9.97 Å². The zero-order valence-corrected chi connectivity index (χ0v) is 8.84. The van der Waals surface area contributed by atoms with E-state index in [1.54, 1.807) is 0 Å². The molecular formula is C9H12N4O3. The van der Waals surface area contributed by atoms with E-state index in [0.29, 0.717) is 12.5 Å². The van der Waals surface area contributed by atoms with Crippen LogP contribution in [0.3, 0.4) is 0 Å². The number of nitrogens with one attached hydrogen (secondary N) is 1. The largest absolute Gasteiger partial charge is 0.468 e. The molecule has 0 fully saturated rings. The molecule has 1 aromatic rings. The minimum atomic E-state index is -0.589. The Hall–Kier alpha value is -2.18. The lowest BCUT2D eigenvalue weighted by Crippen LogP contribution is -2.06. The van der Waals surface area contributed by atoms with Gasteiger partial charge in [0.25, 0.3) is 5.88 Å². The minimum Gasteiger partial charge on any atom is -0.468 e. The quantitative estimate of drug-likeness (QED) is 0.446. The average molecular weight is 224 g/mol. The molecule has 1 N–H and O–H groups in total. The summed E-state index contributed by atoms with van der Waals surface area (Å²) in [6, 6.07) is 0. The van der Waals surface area contributed by atoms with Gasteiger partial charge < -0.3 is 10.1 Å². The predicted octanol–water partition coefficient (Wildman–Crippen LogP) is 1.38. The van der Waals surface area contributed by atoms with Crippen molar-refractivity contribution < 1.29 is 9.66 Å². The number of nitrogens with zero attached hydrogens (tertiary/aromatic N) is 3. The second kappa shape index (κ2) is 5.64. The fourth-order valence-corrected chi connectivity index (χ4v) is 0.972. The topological polar surface area (TPSA) is 90.2 Å². The van der Waals surface area contributed by atoms with Crippen LogP contribution in [0.25, 0.3) is 0 Å². The van der Waals surface area contributed by atoms with Crippen LogP contribution in [0, 0.1) is 10.1 Å². The molecule has 1 heterocycles. The lowest BCUT2D eigenvalue weighted by atomic mass is 10.5. The zero-order valence-electron chi connectivity index (χ0n) is 8.84. The summed E-state index contributed by atoms with van der Waals surface area (Å²) in [5.74, 6) is 0.239. The van der Waals surface area contributed by atoms with E-state index in [0.717, 1.165) is 6.20 Å². The summed E-state index contributed by atoms with van der Waals surface area (Å²) in [4.78, 5) is 17.7. The van der Waals surface area contributed by atoms with Gasteiger partial charge in [-0.25, -0.2) is 4.98 Å². The van der Waals surface area contributed by atoms with Gasteiger partial charge in [-0.2, -0.15) is 4.98 Å². The van der Waals surface area contributed by atoms with Crippen LogP contribution in [0.5, 0.6) is 5.88 Å². The molecule has 0 unspecified atom stereocenters. The van der Waals surface area contributed by atoms with Crippen molar-refractivity contribution in [3.8, 4) is 5.88 Å². The van der Waals surface area contributed by atoms with Gasteiger partial charge in [-0.1, -0.05) is 12.7 Å². The normalized spacial score (nSPS) is 9.56. The molecule has 0 aromatic carbocycles. The summed E-state index contributed by atoms with van der Waals surface area (Å²) in [6.07, 6.45) is 2.60. The lowest BCUT2D eigenvalue weighted by Gasteiger charge is -2.05. The number of aromatic nitrogens is 2. The van der Waals surface area contributed by atoms with Gasteiger partial charge in [0.1, 0.15) is 12.8 Å². The van der Waals surface area contributed by atoms with E-state index in [1.807, 2.05) is 6.92 Å². The molecule has 7 heteroatoms. The van der Waals surface area contributed by atoms with Gasteiger partial charge in [0.15, 0.2) is 0 Å². The van der Waals surface area contributed by atoms with Crippen LogP contribution in [0.4, 0.5) is 11.6 Å². The van der Waals surface area contributed by atoms with Gasteiger partial charge in [-0.05, 0) is 6.92 Å². The van der Waals surface area contributed by atoms with E-state index in [-0.39, 0.29) is 18.2 Å². The van der Waals surface area contributed by atoms with Crippen LogP contribution >= 0.6 is 0 Å². The zero-order chi connectivity index (χ0) is 12.0. The number of hydrogen-bond acceptors (Lipinski definition) is 6. The van der Waals surface area contributed by atoms with E-state index in [1.165, 1.54) is 6.08 Å². The highest BCUT2D eigenvalue weighted by Crippen LogP contribution is 2.24. The Labute approximate surface area is 92.3 Å². The van der Waals surface area contributed by atoms with Gasteiger partial charge in [-0.3, -0.25) is 10.1 Å². The Morgan fingerprint density at radius 3 is 3.06 bits per heavy atom. The Balaban J connectivity index is 3.00. The Morgan fingerprint density at radius 2 is 2.50 bits per heavy atom. The van der Waals surface area contributed by atoms with Gasteiger partial charge >= 0.3 is 5.69 Å². The van der Waals surface area contributed by atoms with Crippen LogP contribution in [0.1, 0.15) is 6.92 Å². The first-order valence-electron chi connectivity index (χ1n) is 4.68. The summed E-state index contributed by atoms with van der Waals surface area (Å²) < 4.78 is 5.08. The molecule has 0 aliphatic rings. The predicted molar refractivity (Wildman–Crippen MR) is 58.5 cm³/mol. The highest BCUT2D eigenvalue weighted by Gasteiger charge is 2.18. The van der Waals surface area contributed by atoms with Crippen molar-refractivity contribution in [3.63, 3.8) is 0 Å². The highest BCUT2D eigenvalue weighted by molar-refractivity contribution is 5.43. The van der Waals surface area contributed by atoms with Gasteiger partial charge in [0, 0.05) is 6.54 Å². The first kappa shape index (κ1) is 11.9. The van der Waals surface area contributed by atoms with Crippen molar-refractivity contribution >= 4 is 11.6 Å². The lowest BCUT2D eigenvalue weighted by molar-refractivity contribution is -0.386. The molecule has 1 aromatic heterocycles. The summed E-state index contributed by atoms with van der Waals surface area (Å²) in [5, 5.41) is 13.5. The van der Waals surface area contributed by atoms with Gasteiger partial charge in [0.2, 0.25) is 5.95 Å². The highest BCUT2D eigenvalue weighted by atomic mass is 16.6. The van der Waals surface area contributed by atoms with E-state index in [2.05, 4.69) is 21.9 Å². The maximum absolute atomic E-state index is 10.7. The molecule has 0 bridgehead atoms. The third kappa shape index (κ3) is 2.91. The third-order valence-electron chi connectivity index (χ3n) is 1.61. The van der Waals surface area contributed by atoms with Crippen molar-refractivity contribution in [2.24, 2.45) is 0 Å². The van der Waals surface area contributed by atoms with Crippen LogP contribution < -0.4 is 10.1 Å². The molecule has 7 nitrogen and oxygen atoms in total. The fraction of sp³-hybridized carbons (Fsp3) is 0.333. The summed E-state index contributed by atoms with van der Waals surface area (Å²) in [7, 11) is 0. The molecule has 0 radical (unpaired) electrons. The molecule has 0 aliphatic carbocycles. The summed E-state index contributed by atoms with van der Waals surface area (Å²) in [5.41, 5.74) is -0.261. The van der Waals surface area contributed by atoms with Crippen LogP contribution in [0.2, 0.25) is 0 Å². The first-order chi connectivity index (χ1) is 7.69. The van der Waals surface area contributed by atoms with E-state index in [9.17, 15) is 10.1 Å². The number of hydrogen-bond donors (Lipinski definition) is 1. The molecular weight excluding hydrogens is 212 g/mol. The molecule has 0 saturated carbocycles. The van der Waals surface area contributed by atoms with E-state index in [4.69, 9.17) is 4.74 Å². The fourth-order valence-electron chi connectivity index (χ4n) is 0.972. The number of ether oxygens (including phenoxy) is 1. The van der Waals surface area contributed by atoms with Crippen molar-refractivity contribution in [1.29, 1.82) is 0 Å². The van der Waals surface area contributed by atoms with Crippen LogP contribution in [0.15, 0.2) is 18.9 Å². The van der Waals surface area contributed by atoms with Crippen molar-refractivity contribution in [2.45, 2.75) is 6.92 Å². The second-order valence-corrected chi connectivity index (χ2v) is 2.77. The molecule has 0 saturated heterocycles. The SMILES string of the molecule is C=CCOc1nc(NCC)ncc1[N+](=O)[O-]. The van der Waals surface area contributed by atoms with Gasteiger partial charge in [0.05, 0.1) is 4.92 Å². The second-order valence-electron chi connectivity index (χ2n) is 2.77. The van der Waals surface area contributed by atoms with Crippen molar-refractivity contribution in [3.05, 3.63) is 29.0 Å². The summed E-state index contributed by atoms with van der Waals surface area (Å²) >= 11 is 0. The van der Waals surface area contributed by atoms with E-state index < -0.39 is 4.92 Å². The molecule has 1 rings (SSSR count). The van der Waals surface area contributed by atoms with Gasteiger partial charge in [-0.15, -0.1) is 0 Å². The number of rotatable bonds is 6. The monoisotopic (exact) mass is 224 g/mol. The maximum Gasteiger partial charge on any atom is 0.349 e. The standard InChI is InChI=1S/C9H12N4O3/c1-3-5-16-8-7(13(14)15)6-11-9(12-8)10-4-2/h3,6H,1,4-5H2,2H3,(H,10,11,12). The Morgan fingerprint density at radius 1 is 1.75 bits per heavy atom. The molecule has 86 valence electrons. The molecule has 16 heavy (non-hydrogen) atoms. The summed E-state index contributed by atoms with van der Waals surface area (Å²) in [6.45, 7) is 6.11. The number of anilines is 1. The first-order valence-corrected chi connectivity index (χ1v) is 4.68. The van der Waals surface area contributed by atoms with Crippen molar-refractivity contribution in [2.75, 3.05) is 18.5 Å². The average Bonchev–Trinajstić information content (AvgIpc) is 2.26. The Bertz CT molecular complexity index is 394. The minimum absolute atomic E-state index is 0.0594. The molecule has 0 aliphatic heterocycles. The maximum atomic E-state index is 10.7. The van der Waals surface area contributed by atoms with Crippen LogP contribution in [-0.2, 0) is 0 Å². The van der Waals surface area contributed by atoms with Crippen LogP contribution in [-0.4, -0.2) is 28.0 Å². The smallest absolute Gasteiger partial charge is 0.349 e.